The molecule has 5 N–H and O–H groups in total. The zero-order valence-electron chi connectivity index (χ0n) is 25.0. The zero-order valence-corrected chi connectivity index (χ0v) is 25.9. The van der Waals surface area contributed by atoms with Crippen LogP contribution >= 0.6 is 0 Å². The number of aliphatic imine (C=N–C) groups is 1. The number of benzene rings is 2. The molecule has 2 aromatic rings. The standard InChI is InChI=1S/C29H38N6O9S/c1-34(29(40)44-19-20-8-4-3-5-9-20)18-25(36)35-17-7-11-24(35)26(37)32-23(27(38)39)10-6-16-31-28(30)33-45(41,42)22-14-12-21(43-2)13-15-22/h3-5,8-9,12-15,23-24H,6-7,10-11,16-19H2,1-2H3,(H,32,37)(H,38,39)(H3,30,31,33)/t23-,24-/m0/s1. The topological polar surface area (TPSA) is 210 Å². The first-order valence-corrected chi connectivity index (χ1v) is 15.6. The zero-order chi connectivity index (χ0) is 33.0. The van der Waals surface area contributed by atoms with Gasteiger partial charge in [-0.3, -0.25) is 14.6 Å². The fourth-order valence-corrected chi connectivity index (χ4v) is 5.48. The van der Waals surface area contributed by atoms with Crippen molar-refractivity contribution in [3.63, 3.8) is 0 Å². The monoisotopic (exact) mass is 646 g/mol. The molecule has 244 valence electrons. The molecule has 0 bridgehead atoms. The van der Waals surface area contributed by atoms with Crippen LogP contribution in [0.15, 0.2) is 64.5 Å². The van der Waals surface area contributed by atoms with Crippen molar-refractivity contribution >= 4 is 39.9 Å². The highest BCUT2D eigenvalue weighted by Crippen LogP contribution is 2.19. The van der Waals surface area contributed by atoms with Crippen molar-refractivity contribution in [1.29, 1.82) is 0 Å². The second-order valence-corrected chi connectivity index (χ2v) is 11.9. The summed E-state index contributed by atoms with van der Waals surface area (Å²) in [6.07, 6.45) is 0.298. The summed E-state index contributed by atoms with van der Waals surface area (Å²) in [7, 11) is -1.13. The summed E-state index contributed by atoms with van der Waals surface area (Å²) in [6, 6.07) is 12.5. The molecule has 1 saturated heterocycles. The molecule has 45 heavy (non-hydrogen) atoms. The molecule has 2 aromatic carbocycles. The number of guanidine groups is 1. The fourth-order valence-electron chi connectivity index (χ4n) is 4.53. The number of sulfonamides is 1. The number of hydrogen-bond acceptors (Lipinski definition) is 9. The first-order valence-electron chi connectivity index (χ1n) is 14.1. The average Bonchev–Trinajstić information content (AvgIpc) is 3.52. The summed E-state index contributed by atoms with van der Waals surface area (Å²) >= 11 is 0. The molecule has 15 nitrogen and oxygen atoms in total. The van der Waals surface area contributed by atoms with Crippen molar-refractivity contribution in [3.05, 3.63) is 60.2 Å². The Morgan fingerprint density at radius 3 is 2.47 bits per heavy atom. The average molecular weight is 647 g/mol. The maximum Gasteiger partial charge on any atom is 0.410 e. The number of likely N-dealkylation sites (tertiary alicyclic amines) is 1. The van der Waals surface area contributed by atoms with Crippen LogP contribution in [0.4, 0.5) is 4.79 Å². The number of nitrogens with zero attached hydrogens (tertiary/aromatic N) is 3. The van der Waals surface area contributed by atoms with Crippen molar-refractivity contribution in [1.82, 2.24) is 19.8 Å². The van der Waals surface area contributed by atoms with Gasteiger partial charge in [-0.1, -0.05) is 30.3 Å². The van der Waals surface area contributed by atoms with E-state index in [0.29, 0.717) is 18.6 Å². The van der Waals surface area contributed by atoms with Gasteiger partial charge in [0, 0.05) is 20.1 Å². The number of aliphatic carboxylic acids is 1. The highest BCUT2D eigenvalue weighted by atomic mass is 32.2. The van der Waals surface area contributed by atoms with Gasteiger partial charge in [-0.15, -0.1) is 0 Å². The smallest absolute Gasteiger partial charge is 0.410 e. The molecule has 0 aliphatic carbocycles. The number of carboxylic acids is 1. The number of carboxylic acid groups (broad SMARTS) is 1. The van der Waals surface area contributed by atoms with Crippen LogP contribution in [-0.2, 0) is 35.8 Å². The maximum absolute atomic E-state index is 13.0. The van der Waals surface area contributed by atoms with Crippen molar-refractivity contribution < 1.29 is 42.2 Å². The first-order chi connectivity index (χ1) is 21.4. The molecular formula is C29H38N6O9S. The number of nitrogens with two attached hydrogens (primary N) is 1. The molecule has 0 unspecified atom stereocenters. The van der Waals surface area contributed by atoms with Crippen LogP contribution in [0.3, 0.4) is 0 Å². The molecule has 0 aromatic heterocycles. The molecule has 0 radical (unpaired) electrons. The lowest BCUT2D eigenvalue weighted by molar-refractivity contribution is -0.144. The summed E-state index contributed by atoms with van der Waals surface area (Å²) < 4.78 is 37.3. The van der Waals surface area contributed by atoms with Gasteiger partial charge in [-0.05, 0) is 55.5 Å². The number of methoxy groups -OCH3 is 1. The maximum atomic E-state index is 13.0. The molecule has 2 atom stereocenters. The molecule has 1 aliphatic heterocycles. The lowest BCUT2D eigenvalue weighted by atomic mass is 10.1. The SMILES string of the molecule is COc1ccc(S(=O)(=O)NC(N)=NCCC[C@H](NC(=O)[C@@H]2CCCN2C(=O)CN(C)C(=O)OCc2ccccc2)C(=O)O)cc1. The Morgan fingerprint density at radius 2 is 1.82 bits per heavy atom. The third kappa shape index (κ3) is 10.4. The third-order valence-corrected chi connectivity index (χ3v) is 8.29. The van der Waals surface area contributed by atoms with E-state index in [1.54, 1.807) is 12.1 Å². The van der Waals surface area contributed by atoms with Crippen LogP contribution in [0.25, 0.3) is 0 Å². The number of carbonyl (C=O) groups is 4. The Labute approximate surface area is 261 Å². The van der Waals surface area contributed by atoms with Gasteiger partial charge >= 0.3 is 12.1 Å². The Morgan fingerprint density at radius 1 is 1.13 bits per heavy atom. The Hall–Kier alpha value is -4.86. The van der Waals surface area contributed by atoms with Gasteiger partial charge < -0.3 is 35.4 Å². The van der Waals surface area contributed by atoms with E-state index in [2.05, 4.69) is 15.0 Å². The number of amides is 3. The summed E-state index contributed by atoms with van der Waals surface area (Å²) in [4.78, 5) is 56.5. The normalized spacial score (nSPS) is 15.6. The molecule has 3 amide bonds. The minimum absolute atomic E-state index is 0.0165. The lowest BCUT2D eigenvalue weighted by Crippen LogP contribution is -2.52. The van der Waals surface area contributed by atoms with E-state index in [9.17, 15) is 32.7 Å². The predicted molar refractivity (Wildman–Crippen MR) is 163 cm³/mol. The lowest BCUT2D eigenvalue weighted by Gasteiger charge is -2.27. The number of rotatable bonds is 14. The van der Waals surface area contributed by atoms with Crippen molar-refractivity contribution in [3.8, 4) is 5.75 Å². The van der Waals surface area contributed by atoms with Crippen LogP contribution in [-0.4, -0.2) is 99.0 Å². The van der Waals surface area contributed by atoms with Crippen LogP contribution in [0.1, 0.15) is 31.2 Å². The molecule has 1 aliphatic rings. The second-order valence-electron chi connectivity index (χ2n) is 10.2. The van der Waals surface area contributed by atoms with Crippen molar-refractivity contribution in [2.45, 2.75) is 49.3 Å². The summed E-state index contributed by atoms with van der Waals surface area (Å²) in [5.41, 5.74) is 6.50. The van der Waals surface area contributed by atoms with E-state index in [0.717, 1.165) is 10.5 Å². The summed E-state index contributed by atoms with van der Waals surface area (Å²) in [5, 5.41) is 12.1. The largest absolute Gasteiger partial charge is 0.497 e. The Bertz CT molecular complexity index is 1470. The van der Waals surface area contributed by atoms with E-state index in [-0.39, 0.29) is 49.9 Å². The minimum atomic E-state index is -3.99. The second kappa shape index (κ2) is 16.3. The van der Waals surface area contributed by atoms with E-state index < -0.39 is 46.0 Å². The molecule has 0 saturated carbocycles. The van der Waals surface area contributed by atoms with Crippen LogP contribution in [0.5, 0.6) is 5.75 Å². The quantitative estimate of drug-likeness (QED) is 0.129. The molecule has 1 fully saturated rings. The predicted octanol–water partition coefficient (Wildman–Crippen LogP) is 0.897. The van der Waals surface area contributed by atoms with E-state index in [4.69, 9.17) is 15.2 Å². The van der Waals surface area contributed by atoms with Crippen molar-refractivity contribution in [2.24, 2.45) is 10.7 Å². The van der Waals surface area contributed by atoms with Gasteiger partial charge in [0.25, 0.3) is 10.0 Å². The Balaban J connectivity index is 1.47. The van der Waals surface area contributed by atoms with Gasteiger partial charge in [-0.25, -0.2) is 22.7 Å². The van der Waals surface area contributed by atoms with Gasteiger partial charge in [0.1, 0.15) is 31.0 Å². The van der Waals surface area contributed by atoms with Gasteiger partial charge in [-0.2, -0.15) is 0 Å². The number of hydrogen-bond donors (Lipinski definition) is 4. The number of likely N-dealkylation sites (N-methyl/N-ethyl adjacent to an activating group) is 1. The van der Waals surface area contributed by atoms with Crippen LogP contribution in [0.2, 0.25) is 0 Å². The van der Waals surface area contributed by atoms with Gasteiger partial charge in [0.15, 0.2) is 0 Å². The summed E-state index contributed by atoms with van der Waals surface area (Å²) in [6.45, 7) is -0.0124. The molecule has 3 rings (SSSR count). The third-order valence-electron chi connectivity index (χ3n) is 6.92. The fraction of sp³-hybridized carbons (Fsp3) is 0.414. The highest BCUT2D eigenvalue weighted by Gasteiger charge is 2.36. The minimum Gasteiger partial charge on any atom is -0.497 e. The highest BCUT2D eigenvalue weighted by molar-refractivity contribution is 7.90. The molecule has 0 spiro atoms. The van der Waals surface area contributed by atoms with E-state index >= 15 is 0 Å². The van der Waals surface area contributed by atoms with Crippen LogP contribution in [0, 0.1) is 0 Å². The number of nitrogens with one attached hydrogen (secondary N) is 2. The number of carbonyl (C=O) groups excluding carboxylic acids is 3. The van der Waals surface area contributed by atoms with Crippen LogP contribution < -0.4 is 20.5 Å². The van der Waals surface area contributed by atoms with E-state index in [1.165, 1.54) is 43.3 Å². The van der Waals surface area contributed by atoms with Gasteiger partial charge in [0.2, 0.25) is 17.8 Å². The molecule has 16 heteroatoms. The summed E-state index contributed by atoms with van der Waals surface area (Å²) in [5.74, 6) is -2.28. The molecular weight excluding hydrogens is 608 g/mol. The number of ether oxygens (including phenoxy) is 2. The van der Waals surface area contributed by atoms with Gasteiger partial charge in [0.05, 0.1) is 12.0 Å². The van der Waals surface area contributed by atoms with Crippen molar-refractivity contribution in [2.75, 3.05) is 33.8 Å². The first kappa shape index (κ1) is 34.6. The van der Waals surface area contributed by atoms with E-state index in [1.807, 2.05) is 18.2 Å². The molecule has 1 heterocycles. The Kier molecular flexibility index (Phi) is 12.5.